The molecule has 0 rings (SSSR count). The largest absolute Gasteiger partial charge is 0.397 e. The van der Waals surface area contributed by atoms with Gasteiger partial charge in [0.25, 0.3) is 0 Å². The fraction of sp³-hybridized carbons (Fsp3) is 1.00. The predicted octanol–water partition coefficient (Wildman–Crippen LogP) is 5.53. The molecule has 0 bridgehead atoms. The predicted molar refractivity (Wildman–Crippen MR) is 92.4 cm³/mol. The molecule has 1 unspecified atom stereocenters. The molecule has 134 valence electrons. The third-order valence-electron chi connectivity index (χ3n) is 4.13. The van der Waals surface area contributed by atoms with Crippen molar-refractivity contribution in [2.24, 2.45) is 5.92 Å². The fourth-order valence-electron chi connectivity index (χ4n) is 2.73. The van der Waals surface area contributed by atoms with Gasteiger partial charge in [-0.1, -0.05) is 84.5 Å². The van der Waals surface area contributed by atoms with Gasteiger partial charge in [0, 0.05) is 0 Å². The highest BCUT2D eigenvalue weighted by Crippen LogP contribution is 2.19. The Labute approximate surface area is 138 Å². The van der Waals surface area contributed by atoms with E-state index in [1.165, 1.54) is 51.4 Å². The van der Waals surface area contributed by atoms with Crippen LogP contribution < -0.4 is 0 Å². The minimum Gasteiger partial charge on any atom is -0.264 e. The van der Waals surface area contributed by atoms with Crippen LogP contribution >= 0.6 is 0 Å². The molecule has 1 N–H and O–H groups in total. The lowest BCUT2D eigenvalue weighted by molar-refractivity contribution is 0.205. The average Bonchev–Trinajstić information content (AvgIpc) is 2.46. The maximum Gasteiger partial charge on any atom is 0.397 e. The van der Waals surface area contributed by atoms with Gasteiger partial charge in [0.15, 0.2) is 0 Å². The number of rotatable bonds is 16. The zero-order valence-corrected chi connectivity index (χ0v) is 15.4. The molecule has 0 amide bonds. The first kappa shape index (κ1) is 21.9. The van der Waals surface area contributed by atoms with Crippen molar-refractivity contribution in [1.82, 2.24) is 0 Å². The van der Waals surface area contributed by atoms with Crippen molar-refractivity contribution in [3.05, 3.63) is 0 Å². The Bertz CT molecular complexity index is 328. The Morgan fingerprint density at radius 2 is 1.23 bits per heavy atom. The van der Waals surface area contributed by atoms with Gasteiger partial charge in [0.1, 0.15) is 0 Å². The Balaban J connectivity index is 3.65. The van der Waals surface area contributed by atoms with Crippen molar-refractivity contribution in [2.45, 2.75) is 97.3 Å². The molecule has 0 aromatic rings. The van der Waals surface area contributed by atoms with E-state index in [4.69, 9.17) is 4.55 Å². The van der Waals surface area contributed by atoms with Crippen LogP contribution in [0.15, 0.2) is 0 Å². The molecular formula is C17H36O4S. The van der Waals surface area contributed by atoms with Crippen LogP contribution in [0.1, 0.15) is 97.3 Å². The van der Waals surface area contributed by atoms with Gasteiger partial charge in [-0.2, -0.15) is 8.42 Å². The Morgan fingerprint density at radius 1 is 0.773 bits per heavy atom. The van der Waals surface area contributed by atoms with Crippen molar-refractivity contribution in [3.63, 3.8) is 0 Å². The lowest BCUT2D eigenvalue weighted by Crippen LogP contribution is -2.14. The van der Waals surface area contributed by atoms with E-state index >= 15 is 0 Å². The molecule has 0 aromatic heterocycles. The van der Waals surface area contributed by atoms with E-state index in [0.717, 1.165) is 32.1 Å². The smallest absolute Gasteiger partial charge is 0.264 e. The van der Waals surface area contributed by atoms with Crippen LogP contribution in [0.5, 0.6) is 0 Å². The molecule has 0 aromatic carbocycles. The van der Waals surface area contributed by atoms with Crippen LogP contribution in [0, 0.1) is 5.92 Å². The molecule has 0 saturated carbocycles. The number of unbranched alkanes of at least 4 members (excludes halogenated alkanes) is 9. The second-order valence-corrected chi connectivity index (χ2v) is 7.43. The minimum absolute atomic E-state index is 0.121. The van der Waals surface area contributed by atoms with E-state index in [1.807, 2.05) is 0 Å². The maximum absolute atomic E-state index is 10.7. The second kappa shape index (κ2) is 14.5. The van der Waals surface area contributed by atoms with Gasteiger partial charge in [-0.3, -0.25) is 4.55 Å². The van der Waals surface area contributed by atoms with Crippen LogP contribution in [-0.4, -0.2) is 19.6 Å². The fourth-order valence-corrected chi connectivity index (χ4v) is 3.09. The van der Waals surface area contributed by atoms with E-state index < -0.39 is 10.4 Å². The molecule has 0 fully saturated rings. The summed E-state index contributed by atoms with van der Waals surface area (Å²) in [6, 6.07) is 0. The highest BCUT2D eigenvalue weighted by Gasteiger charge is 2.13. The summed E-state index contributed by atoms with van der Waals surface area (Å²) in [5.41, 5.74) is 0. The summed E-state index contributed by atoms with van der Waals surface area (Å²) in [4.78, 5) is 0. The summed E-state index contributed by atoms with van der Waals surface area (Å²) in [6.07, 6.45) is 15.8. The Morgan fingerprint density at radius 3 is 1.73 bits per heavy atom. The van der Waals surface area contributed by atoms with Crippen LogP contribution in [0.25, 0.3) is 0 Å². The van der Waals surface area contributed by atoms with Crippen LogP contribution in [0.2, 0.25) is 0 Å². The number of hydrogen-bond acceptors (Lipinski definition) is 3. The highest BCUT2D eigenvalue weighted by atomic mass is 32.3. The normalized spacial score (nSPS) is 13.4. The van der Waals surface area contributed by atoms with E-state index in [1.54, 1.807) is 0 Å². The van der Waals surface area contributed by atoms with Gasteiger partial charge < -0.3 is 0 Å². The van der Waals surface area contributed by atoms with E-state index in [-0.39, 0.29) is 12.5 Å². The first-order valence-electron chi connectivity index (χ1n) is 9.11. The average molecular weight is 337 g/mol. The lowest BCUT2D eigenvalue weighted by atomic mass is 9.96. The van der Waals surface area contributed by atoms with Gasteiger partial charge in [-0.25, -0.2) is 4.18 Å². The zero-order valence-electron chi connectivity index (χ0n) is 14.6. The maximum atomic E-state index is 10.7. The second-order valence-electron chi connectivity index (χ2n) is 6.34. The van der Waals surface area contributed by atoms with Crippen LogP contribution in [0.4, 0.5) is 0 Å². The number of hydrogen-bond donors (Lipinski definition) is 1. The van der Waals surface area contributed by atoms with E-state index in [9.17, 15) is 8.42 Å². The lowest BCUT2D eigenvalue weighted by Gasteiger charge is -2.15. The third-order valence-corrected chi connectivity index (χ3v) is 4.57. The Kier molecular flexibility index (Phi) is 14.4. The monoisotopic (exact) mass is 336 g/mol. The molecular weight excluding hydrogens is 300 g/mol. The highest BCUT2D eigenvalue weighted by molar-refractivity contribution is 7.80. The minimum atomic E-state index is -4.29. The zero-order chi connectivity index (χ0) is 16.7. The summed E-state index contributed by atoms with van der Waals surface area (Å²) in [5, 5.41) is 0. The summed E-state index contributed by atoms with van der Waals surface area (Å²) in [5.74, 6) is 0.242. The first-order valence-corrected chi connectivity index (χ1v) is 10.5. The quantitative estimate of drug-likeness (QED) is 0.297. The van der Waals surface area contributed by atoms with Gasteiger partial charge in [-0.05, 0) is 18.8 Å². The third kappa shape index (κ3) is 16.2. The molecule has 0 saturated heterocycles. The molecule has 0 aliphatic carbocycles. The molecule has 0 spiro atoms. The SMILES string of the molecule is CCCCCCCCCCCC(CCCC)COS(=O)(=O)O. The standard InChI is InChI=1S/C17H36O4S/c1-3-5-7-8-9-10-11-12-13-15-17(14-6-4-2)16-21-22(18,19)20/h17H,3-16H2,1-2H3,(H,18,19,20). The molecule has 4 nitrogen and oxygen atoms in total. The van der Waals surface area contributed by atoms with Crippen molar-refractivity contribution >= 4 is 10.4 Å². The van der Waals surface area contributed by atoms with E-state index in [2.05, 4.69) is 18.0 Å². The van der Waals surface area contributed by atoms with Crippen molar-refractivity contribution in [2.75, 3.05) is 6.61 Å². The summed E-state index contributed by atoms with van der Waals surface area (Å²) in [7, 11) is -4.29. The van der Waals surface area contributed by atoms with Crippen molar-refractivity contribution in [1.29, 1.82) is 0 Å². The Hall–Kier alpha value is -0.130. The molecule has 1 atom stereocenters. The molecule has 0 aliphatic rings. The summed E-state index contributed by atoms with van der Waals surface area (Å²) < 4.78 is 34.6. The molecule has 0 aliphatic heterocycles. The molecule has 5 heteroatoms. The molecule has 0 radical (unpaired) electrons. The first-order chi connectivity index (χ1) is 10.5. The van der Waals surface area contributed by atoms with E-state index in [0.29, 0.717) is 0 Å². The van der Waals surface area contributed by atoms with Crippen molar-refractivity contribution in [3.8, 4) is 0 Å². The molecule has 22 heavy (non-hydrogen) atoms. The van der Waals surface area contributed by atoms with Crippen LogP contribution in [-0.2, 0) is 14.6 Å². The topological polar surface area (TPSA) is 63.6 Å². The summed E-state index contributed by atoms with van der Waals surface area (Å²) in [6.45, 7) is 4.48. The van der Waals surface area contributed by atoms with Gasteiger partial charge in [0.2, 0.25) is 0 Å². The van der Waals surface area contributed by atoms with Gasteiger partial charge >= 0.3 is 10.4 Å². The summed E-state index contributed by atoms with van der Waals surface area (Å²) >= 11 is 0. The van der Waals surface area contributed by atoms with Gasteiger partial charge in [-0.15, -0.1) is 0 Å². The van der Waals surface area contributed by atoms with Crippen LogP contribution in [0.3, 0.4) is 0 Å². The van der Waals surface area contributed by atoms with Crippen molar-refractivity contribution < 1.29 is 17.2 Å². The van der Waals surface area contributed by atoms with Gasteiger partial charge in [0.05, 0.1) is 6.61 Å². The molecule has 0 heterocycles.